The van der Waals surface area contributed by atoms with Crippen molar-refractivity contribution in [2.75, 3.05) is 38.2 Å². The van der Waals surface area contributed by atoms with Gasteiger partial charge in [0.2, 0.25) is 5.95 Å². The number of imidazole rings is 1. The molecule has 1 aliphatic heterocycles. The van der Waals surface area contributed by atoms with E-state index in [1.807, 2.05) is 24.3 Å². The minimum atomic E-state index is -0.225. The standard InChI is InChI=1S/C30H40BN4O3P/c31-28(39)23-5-4-6-24(18-23)29(37)33-30-32-26-17-22(19-34-13-2-1-3-14-34)9-12-27(26)35(30)25-10-7-21(8-11-25)20-38-16-15-36/h4-6,9,12,17-18,21,25,28,36H,1-3,7-8,10-11,13-16,19-20,39H2,(H,32,33,37). The Morgan fingerprint density at radius 3 is 2.67 bits per heavy atom. The van der Waals surface area contributed by atoms with Gasteiger partial charge in [-0.2, -0.15) is 0 Å². The molecule has 0 spiro atoms. The van der Waals surface area contributed by atoms with Gasteiger partial charge in [-0.15, -0.1) is 9.24 Å². The fourth-order valence-electron chi connectivity index (χ4n) is 6.02. The summed E-state index contributed by atoms with van der Waals surface area (Å²) in [6.45, 7) is 4.38. The van der Waals surface area contributed by atoms with Crippen LogP contribution in [0.1, 0.15) is 78.0 Å². The van der Waals surface area contributed by atoms with E-state index >= 15 is 0 Å². The van der Waals surface area contributed by atoms with Crippen molar-refractivity contribution in [3.05, 3.63) is 59.2 Å². The van der Waals surface area contributed by atoms with Crippen LogP contribution < -0.4 is 5.32 Å². The average Bonchev–Trinajstić information content (AvgIpc) is 3.31. The van der Waals surface area contributed by atoms with Crippen LogP contribution in [0.4, 0.5) is 5.95 Å². The molecule has 9 heteroatoms. The van der Waals surface area contributed by atoms with Gasteiger partial charge in [0, 0.05) is 24.8 Å². The first-order valence-electron chi connectivity index (χ1n) is 14.4. The van der Waals surface area contributed by atoms with Crippen LogP contribution in [0.15, 0.2) is 42.5 Å². The number of rotatable bonds is 10. The first kappa shape index (κ1) is 28.3. The van der Waals surface area contributed by atoms with Crippen molar-refractivity contribution in [2.24, 2.45) is 5.92 Å². The third-order valence-electron chi connectivity index (χ3n) is 8.14. The van der Waals surface area contributed by atoms with Crippen molar-refractivity contribution in [1.29, 1.82) is 0 Å². The molecule has 1 saturated carbocycles. The number of carbonyl (C=O) groups is 1. The maximum Gasteiger partial charge on any atom is 0.257 e. The second-order valence-electron chi connectivity index (χ2n) is 11.0. The Balaban J connectivity index is 1.40. The highest BCUT2D eigenvalue weighted by Crippen LogP contribution is 2.37. The predicted octanol–water partition coefficient (Wildman–Crippen LogP) is 5.06. The number of nitrogens with zero attached hydrogens (tertiary/aromatic N) is 3. The minimum absolute atomic E-state index is 0.0606. The van der Waals surface area contributed by atoms with Crippen LogP contribution in [0.25, 0.3) is 11.0 Å². The van der Waals surface area contributed by atoms with E-state index in [0.717, 1.165) is 61.9 Å². The predicted molar refractivity (Wildman–Crippen MR) is 160 cm³/mol. The molecule has 2 N–H and O–H groups in total. The average molecular weight is 546 g/mol. The third kappa shape index (κ3) is 7.10. The molecule has 7 nitrogen and oxygen atoms in total. The van der Waals surface area contributed by atoms with Gasteiger partial charge in [-0.25, -0.2) is 4.98 Å². The largest absolute Gasteiger partial charge is 0.394 e. The smallest absolute Gasteiger partial charge is 0.257 e. The number of piperidine rings is 1. The number of anilines is 1. The van der Waals surface area contributed by atoms with Crippen LogP contribution in [-0.4, -0.2) is 66.2 Å². The van der Waals surface area contributed by atoms with E-state index in [0.29, 0.717) is 30.6 Å². The Labute approximate surface area is 235 Å². The molecule has 2 radical (unpaired) electrons. The van der Waals surface area contributed by atoms with E-state index in [1.54, 1.807) is 0 Å². The highest BCUT2D eigenvalue weighted by atomic mass is 31.0. The van der Waals surface area contributed by atoms with Crippen LogP contribution in [0.3, 0.4) is 0 Å². The molecule has 0 bridgehead atoms. The summed E-state index contributed by atoms with van der Waals surface area (Å²) in [6, 6.07) is 14.3. The molecule has 1 aromatic heterocycles. The summed E-state index contributed by atoms with van der Waals surface area (Å²) in [5.41, 5.74) is 4.49. The van der Waals surface area contributed by atoms with Gasteiger partial charge in [0.15, 0.2) is 0 Å². The summed E-state index contributed by atoms with van der Waals surface area (Å²) in [7, 11) is 8.60. The Morgan fingerprint density at radius 1 is 1.13 bits per heavy atom. The molecular formula is C30H40BN4O3P. The summed E-state index contributed by atoms with van der Waals surface area (Å²) >= 11 is 0. The third-order valence-corrected chi connectivity index (χ3v) is 8.52. The van der Waals surface area contributed by atoms with Crippen molar-refractivity contribution in [3.63, 3.8) is 0 Å². The zero-order chi connectivity index (χ0) is 27.2. The van der Waals surface area contributed by atoms with Gasteiger partial charge >= 0.3 is 0 Å². The van der Waals surface area contributed by atoms with E-state index < -0.39 is 0 Å². The lowest BCUT2D eigenvalue weighted by Crippen LogP contribution is -2.29. The molecule has 2 heterocycles. The molecule has 2 aromatic carbocycles. The summed E-state index contributed by atoms with van der Waals surface area (Å²) in [5, 5.41) is 12.2. The zero-order valence-electron chi connectivity index (χ0n) is 22.7. The van der Waals surface area contributed by atoms with Crippen molar-refractivity contribution in [1.82, 2.24) is 14.5 Å². The lowest BCUT2D eigenvalue weighted by atomic mass is 9.86. The molecule has 39 heavy (non-hydrogen) atoms. The van der Waals surface area contributed by atoms with Gasteiger partial charge in [-0.3, -0.25) is 15.0 Å². The second kappa shape index (κ2) is 13.4. The number of hydrogen-bond acceptors (Lipinski definition) is 5. The van der Waals surface area contributed by atoms with Crippen molar-refractivity contribution in [2.45, 2.75) is 63.1 Å². The summed E-state index contributed by atoms with van der Waals surface area (Å²) in [6.07, 6.45) is 7.94. The van der Waals surface area contributed by atoms with E-state index in [4.69, 9.17) is 22.7 Å². The lowest BCUT2D eigenvalue weighted by Gasteiger charge is -2.30. The quantitative estimate of drug-likeness (QED) is 0.211. The first-order chi connectivity index (χ1) is 19.0. The van der Waals surface area contributed by atoms with Crippen LogP contribution in [0.2, 0.25) is 0 Å². The molecule has 206 valence electrons. The number of ether oxygens (including phenoxy) is 1. The van der Waals surface area contributed by atoms with E-state index in [1.165, 1.54) is 24.8 Å². The number of aliphatic hydroxyl groups is 1. The van der Waals surface area contributed by atoms with E-state index in [-0.39, 0.29) is 24.1 Å². The van der Waals surface area contributed by atoms with Crippen molar-refractivity contribution >= 4 is 40.0 Å². The topological polar surface area (TPSA) is 79.6 Å². The molecule has 2 aliphatic rings. The number of aliphatic hydroxyl groups excluding tert-OH is 1. The molecule has 1 aliphatic carbocycles. The maximum atomic E-state index is 13.4. The number of likely N-dealkylation sites (tertiary alicyclic amines) is 1. The molecule has 2 fully saturated rings. The van der Waals surface area contributed by atoms with Crippen LogP contribution in [-0.2, 0) is 11.3 Å². The Hall–Kier alpha value is -2.25. The number of nitrogens with one attached hydrogen (secondary N) is 1. The Morgan fingerprint density at radius 2 is 1.92 bits per heavy atom. The van der Waals surface area contributed by atoms with Crippen LogP contribution in [0.5, 0.6) is 0 Å². The van der Waals surface area contributed by atoms with Crippen molar-refractivity contribution in [3.8, 4) is 0 Å². The number of fused-ring (bicyclic) bond motifs is 1. The maximum absolute atomic E-state index is 13.4. The number of benzene rings is 2. The minimum Gasteiger partial charge on any atom is -0.394 e. The van der Waals surface area contributed by atoms with Gasteiger partial charge in [0.25, 0.3) is 5.91 Å². The fourth-order valence-corrected chi connectivity index (χ4v) is 6.23. The second-order valence-corrected chi connectivity index (χ2v) is 11.8. The van der Waals surface area contributed by atoms with Crippen LogP contribution in [0, 0.1) is 5.92 Å². The number of amides is 1. The monoisotopic (exact) mass is 546 g/mol. The molecule has 2 atom stereocenters. The van der Waals surface area contributed by atoms with Gasteiger partial charge in [-0.1, -0.05) is 24.6 Å². The van der Waals surface area contributed by atoms with Gasteiger partial charge in [0.1, 0.15) is 0 Å². The zero-order valence-corrected chi connectivity index (χ0v) is 23.9. The SMILES string of the molecule is [B]C(P)c1cccc(C(=O)Nc2nc3cc(CN4CCCCC4)ccc3n2C2CCC(COCCO)CC2)c1. The molecule has 2 unspecified atom stereocenters. The molecule has 1 saturated heterocycles. The summed E-state index contributed by atoms with van der Waals surface area (Å²) < 4.78 is 7.85. The number of aromatic nitrogens is 2. The van der Waals surface area contributed by atoms with E-state index in [2.05, 4.69) is 42.2 Å². The summed E-state index contributed by atoms with van der Waals surface area (Å²) in [4.78, 5) is 20.9. The highest BCUT2D eigenvalue weighted by molar-refractivity contribution is 7.20. The van der Waals surface area contributed by atoms with Gasteiger partial charge in [0.05, 0.1) is 32.1 Å². The van der Waals surface area contributed by atoms with Crippen molar-refractivity contribution < 1.29 is 14.6 Å². The number of hydrogen-bond donors (Lipinski definition) is 2. The number of carbonyl (C=O) groups excluding carboxylic acids is 1. The lowest BCUT2D eigenvalue weighted by molar-refractivity contribution is 0.0539. The first-order valence-corrected chi connectivity index (χ1v) is 15.0. The Bertz CT molecular complexity index is 1250. The molecule has 3 aromatic rings. The fraction of sp³-hybridized carbons (Fsp3) is 0.533. The molecule has 5 rings (SSSR count). The Kier molecular flexibility index (Phi) is 9.73. The van der Waals surface area contributed by atoms with Gasteiger partial charge < -0.3 is 14.4 Å². The van der Waals surface area contributed by atoms with E-state index in [9.17, 15) is 4.79 Å². The normalized spacial score (nSPS) is 21.2. The van der Waals surface area contributed by atoms with Crippen LogP contribution >= 0.6 is 9.24 Å². The highest BCUT2D eigenvalue weighted by Gasteiger charge is 2.27. The van der Waals surface area contributed by atoms with Gasteiger partial charge in [-0.05, 0) is 98.5 Å². The molecular weight excluding hydrogens is 506 g/mol. The molecule has 1 amide bonds. The summed E-state index contributed by atoms with van der Waals surface area (Å²) in [5.74, 6) is 0.917.